The topological polar surface area (TPSA) is 69.3 Å². The van der Waals surface area contributed by atoms with Crippen LogP contribution < -0.4 is 10.1 Å². The highest BCUT2D eigenvalue weighted by Gasteiger charge is 2.11. The molecule has 0 aliphatic rings. The van der Waals surface area contributed by atoms with Gasteiger partial charge < -0.3 is 14.5 Å². The van der Waals surface area contributed by atoms with Crippen molar-refractivity contribution in [1.82, 2.24) is 15.1 Å². The maximum atomic E-state index is 12.1. The van der Waals surface area contributed by atoms with E-state index in [1.807, 2.05) is 6.20 Å². The molecule has 6 nitrogen and oxygen atoms in total. The molecule has 0 aliphatic carbocycles. The molecule has 0 saturated carbocycles. The lowest BCUT2D eigenvalue weighted by Crippen LogP contribution is -2.27. The Morgan fingerprint density at radius 2 is 2.08 bits per heavy atom. The van der Waals surface area contributed by atoms with Gasteiger partial charge in [0.15, 0.2) is 5.76 Å². The second kappa shape index (κ2) is 8.22. The van der Waals surface area contributed by atoms with Crippen molar-refractivity contribution in [1.29, 1.82) is 0 Å². The normalized spacial score (nSPS) is 10.6. The molecule has 2 heterocycles. The number of amides is 1. The van der Waals surface area contributed by atoms with E-state index in [4.69, 9.17) is 20.8 Å². The first kappa shape index (κ1) is 17.6. The van der Waals surface area contributed by atoms with Crippen molar-refractivity contribution in [2.75, 3.05) is 6.54 Å². The van der Waals surface area contributed by atoms with E-state index in [9.17, 15) is 4.79 Å². The highest BCUT2D eigenvalue weighted by molar-refractivity contribution is 9.10. The molecular formula is C17H15BrClN3O3. The van der Waals surface area contributed by atoms with E-state index in [-0.39, 0.29) is 18.3 Å². The van der Waals surface area contributed by atoms with Crippen LogP contribution in [0.4, 0.5) is 0 Å². The van der Waals surface area contributed by atoms with Crippen molar-refractivity contribution in [2.45, 2.75) is 13.2 Å². The Morgan fingerprint density at radius 1 is 1.28 bits per heavy atom. The Morgan fingerprint density at radius 3 is 2.80 bits per heavy atom. The molecule has 130 valence electrons. The Kier molecular flexibility index (Phi) is 5.78. The minimum Gasteiger partial charge on any atom is -0.486 e. The van der Waals surface area contributed by atoms with Crippen molar-refractivity contribution in [2.24, 2.45) is 0 Å². The van der Waals surface area contributed by atoms with E-state index < -0.39 is 0 Å². The van der Waals surface area contributed by atoms with Gasteiger partial charge in [0.25, 0.3) is 5.91 Å². The van der Waals surface area contributed by atoms with Crippen molar-refractivity contribution < 1.29 is 13.9 Å². The number of nitrogens with one attached hydrogen (secondary N) is 1. The number of hydrogen-bond acceptors (Lipinski definition) is 4. The number of furan rings is 1. The standard InChI is InChI=1S/C17H15BrClN3O3/c18-12-9-21-22(10-12)8-7-20-17(23)16-6-5-15(25-16)11-24-14-3-1-13(19)2-4-14/h1-6,9-10H,7-8,11H2,(H,20,23). The maximum absolute atomic E-state index is 12.1. The molecule has 0 saturated heterocycles. The number of ether oxygens (including phenoxy) is 1. The van der Waals surface area contributed by atoms with Crippen molar-refractivity contribution in [3.8, 4) is 5.75 Å². The molecule has 0 bridgehead atoms. The summed E-state index contributed by atoms with van der Waals surface area (Å²) >= 11 is 9.15. The number of hydrogen-bond donors (Lipinski definition) is 1. The average molecular weight is 425 g/mol. The van der Waals surface area contributed by atoms with Gasteiger partial charge in [-0.25, -0.2) is 0 Å². The summed E-state index contributed by atoms with van der Waals surface area (Å²) in [4.78, 5) is 12.1. The van der Waals surface area contributed by atoms with Gasteiger partial charge in [-0.3, -0.25) is 9.48 Å². The fourth-order valence-electron chi connectivity index (χ4n) is 2.09. The van der Waals surface area contributed by atoms with Gasteiger partial charge in [0.1, 0.15) is 18.1 Å². The van der Waals surface area contributed by atoms with Crippen LogP contribution in [-0.2, 0) is 13.2 Å². The van der Waals surface area contributed by atoms with Crippen molar-refractivity contribution >= 4 is 33.4 Å². The zero-order valence-corrected chi connectivity index (χ0v) is 15.5. The highest BCUT2D eigenvalue weighted by Crippen LogP contribution is 2.17. The third-order valence-corrected chi connectivity index (χ3v) is 3.97. The molecule has 3 aromatic rings. The molecule has 0 aliphatic heterocycles. The van der Waals surface area contributed by atoms with E-state index in [1.54, 1.807) is 47.3 Å². The van der Waals surface area contributed by atoms with Gasteiger partial charge in [-0.2, -0.15) is 5.10 Å². The first-order chi connectivity index (χ1) is 12.1. The van der Waals surface area contributed by atoms with E-state index in [0.29, 0.717) is 29.6 Å². The second-order valence-corrected chi connectivity index (χ2v) is 6.54. The average Bonchev–Trinajstić information content (AvgIpc) is 3.23. The van der Waals surface area contributed by atoms with Crippen LogP contribution in [0.5, 0.6) is 5.75 Å². The third kappa shape index (κ3) is 5.11. The van der Waals surface area contributed by atoms with E-state index >= 15 is 0 Å². The second-order valence-electron chi connectivity index (χ2n) is 5.19. The number of rotatable bonds is 7. The molecule has 1 amide bonds. The van der Waals surface area contributed by atoms with Gasteiger partial charge in [0, 0.05) is 17.8 Å². The Hall–Kier alpha value is -2.25. The quantitative estimate of drug-likeness (QED) is 0.624. The monoisotopic (exact) mass is 423 g/mol. The minimum absolute atomic E-state index is 0.232. The van der Waals surface area contributed by atoms with Gasteiger partial charge in [0.05, 0.1) is 17.2 Å². The molecule has 2 aromatic heterocycles. The lowest BCUT2D eigenvalue weighted by Gasteiger charge is -2.05. The Bertz CT molecular complexity index is 845. The molecule has 25 heavy (non-hydrogen) atoms. The molecule has 0 atom stereocenters. The lowest BCUT2D eigenvalue weighted by molar-refractivity contribution is 0.0920. The Labute approximate surface area is 157 Å². The molecule has 1 N–H and O–H groups in total. The molecule has 0 fully saturated rings. The first-order valence-corrected chi connectivity index (χ1v) is 8.70. The lowest BCUT2D eigenvalue weighted by atomic mass is 10.3. The summed E-state index contributed by atoms with van der Waals surface area (Å²) in [6, 6.07) is 10.4. The van der Waals surface area contributed by atoms with Crippen molar-refractivity contribution in [3.63, 3.8) is 0 Å². The predicted octanol–water partition coefficient (Wildman–Crippen LogP) is 3.90. The summed E-state index contributed by atoms with van der Waals surface area (Å²) in [5, 5.41) is 7.55. The molecule has 8 heteroatoms. The summed E-state index contributed by atoms with van der Waals surface area (Å²) < 4.78 is 13.7. The number of nitrogens with zero attached hydrogens (tertiary/aromatic N) is 2. The number of carbonyl (C=O) groups excluding carboxylic acids is 1. The van der Waals surface area contributed by atoms with E-state index in [2.05, 4.69) is 26.3 Å². The van der Waals surface area contributed by atoms with Crippen LogP contribution in [0.1, 0.15) is 16.3 Å². The van der Waals surface area contributed by atoms with Gasteiger partial charge in [-0.1, -0.05) is 11.6 Å². The molecule has 3 rings (SSSR count). The minimum atomic E-state index is -0.274. The number of carbonyl (C=O) groups is 1. The van der Waals surface area contributed by atoms with Crippen LogP contribution in [0, 0.1) is 0 Å². The van der Waals surface area contributed by atoms with Crippen LogP contribution in [0.3, 0.4) is 0 Å². The number of aromatic nitrogens is 2. The third-order valence-electron chi connectivity index (χ3n) is 3.31. The van der Waals surface area contributed by atoms with Gasteiger partial charge >= 0.3 is 0 Å². The van der Waals surface area contributed by atoms with Crippen LogP contribution in [0.2, 0.25) is 5.02 Å². The molecule has 1 aromatic carbocycles. The predicted molar refractivity (Wildman–Crippen MR) is 96.8 cm³/mol. The largest absolute Gasteiger partial charge is 0.486 e. The van der Waals surface area contributed by atoms with Crippen LogP contribution >= 0.6 is 27.5 Å². The van der Waals surface area contributed by atoms with Crippen molar-refractivity contribution in [3.05, 3.63) is 69.8 Å². The zero-order valence-electron chi connectivity index (χ0n) is 13.1. The van der Waals surface area contributed by atoms with Crippen LogP contribution in [0.25, 0.3) is 0 Å². The fourth-order valence-corrected chi connectivity index (χ4v) is 2.55. The molecule has 0 radical (unpaired) electrons. The zero-order chi connectivity index (χ0) is 17.6. The SMILES string of the molecule is O=C(NCCn1cc(Br)cn1)c1ccc(COc2ccc(Cl)cc2)o1. The van der Waals surface area contributed by atoms with Gasteiger partial charge in [0.2, 0.25) is 0 Å². The Balaban J connectivity index is 1.46. The summed E-state index contributed by atoms with van der Waals surface area (Å²) in [6.07, 6.45) is 3.53. The molecular weight excluding hydrogens is 410 g/mol. The maximum Gasteiger partial charge on any atom is 0.287 e. The van der Waals surface area contributed by atoms with E-state index in [0.717, 1.165) is 4.47 Å². The van der Waals surface area contributed by atoms with E-state index in [1.165, 1.54) is 0 Å². The summed E-state index contributed by atoms with van der Waals surface area (Å²) in [5.74, 6) is 1.22. The smallest absolute Gasteiger partial charge is 0.287 e. The summed E-state index contributed by atoms with van der Waals surface area (Å²) in [6.45, 7) is 1.26. The van der Waals surface area contributed by atoms with Gasteiger partial charge in [-0.05, 0) is 52.3 Å². The summed E-state index contributed by atoms with van der Waals surface area (Å²) in [5.41, 5.74) is 0. The molecule has 0 unspecified atom stereocenters. The number of halogens is 2. The van der Waals surface area contributed by atoms with Crippen LogP contribution in [-0.4, -0.2) is 22.2 Å². The fraction of sp³-hybridized carbons (Fsp3) is 0.176. The number of benzene rings is 1. The first-order valence-electron chi connectivity index (χ1n) is 7.53. The van der Waals surface area contributed by atoms with Crippen LogP contribution in [0.15, 0.2) is 57.7 Å². The highest BCUT2D eigenvalue weighted by atomic mass is 79.9. The summed E-state index contributed by atoms with van der Waals surface area (Å²) in [7, 11) is 0. The van der Waals surface area contributed by atoms with Gasteiger partial charge in [-0.15, -0.1) is 0 Å². The molecule has 0 spiro atoms.